The summed E-state index contributed by atoms with van der Waals surface area (Å²) in [5.74, 6) is 1.81. The van der Waals surface area contributed by atoms with E-state index in [2.05, 4.69) is 35.2 Å². The minimum Gasteiger partial charge on any atom is -0.497 e. The monoisotopic (exact) mass is 281 g/mol. The fourth-order valence-corrected chi connectivity index (χ4v) is 3.49. The van der Waals surface area contributed by atoms with Gasteiger partial charge in [0.1, 0.15) is 18.1 Å². The van der Waals surface area contributed by atoms with Crippen LogP contribution in [0.5, 0.6) is 11.5 Å². The summed E-state index contributed by atoms with van der Waals surface area (Å²) < 4.78 is 11.3. The van der Waals surface area contributed by atoms with Crippen LogP contribution in [0.3, 0.4) is 0 Å². The Morgan fingerprint density at radius 1 is 1.10 bits per heavy atom. The predicted molar refractivity (Wildman–Crippen MR) is 82.1 cm³/mol. The first-order valence-corrected chi connectivity index (χ1v) is 7.49. The van der Waals surface area contributed by atoms with Gasteiger partial charge in [0.2, 0.25) is 0 Å². The molecular formula is C18H19NO2. The predicted octanol–water partition coefficient (Wildman–Crippen LogP) is 3.04. The van der Waals surface area contributed by atoms with Gasteiger partial charge in [-0.25, -0.2) is 0 Å². The third kappa shape index (κ3) is 2.09. The van der Waals surface area contributed by atoms with Crippen molar-refractivity contribution in [1.82, 2.24) is 4.90 Å². The van der Waals surface area contributed by atoms with Crippen LogP contribution in [0, 0.1) is 0 Å². The van der Waals surface area contributed by atoms with Crippen LogP contribution in [0.25, 0.3) is 0 Å². The van der Waals surface area contributed by atoms with Crippen molar-refractivity contribution in [3.05, 3.63) is 59.2 Å². The smallest absolute Gasteiger partial charge is 0.128 e. The van der Waals surface area contributed by atoms with Gasteiger partial charge in [0.15, 0.2) is 0 Å². The molecule has 0 radical (unpaired) electrons. The van der Waals surface area contributed by atoms with Crippen LogP contribution in [0.2, 0.25) is 0 Å². The summed E-state index contributed by atoms with van der Waals surface area (Å²) >= 11 is 0. The number of rotatable bonds is 1. The Labute approximate surface area is 125 Å². The van der Waals surface area contributed by atoms with Crippen LogP contribution in [0.15, 0.2) is 42.5 Å². The number of benzene rings is 2. The summed E-state index contributed by atoms with van der Waals surface area (Å²) in [6.07, 6.45) is 1.12. The molecule has 2 aromatic carbocycles. The zero-order valence-electron chi connectivity index (χ0n) is 12.2. The second-order valence-electron chi connectivity index (χ2n) is 5.64. The molecule has 21 heavy (non-hydrogen) atoms. The lowest BCUT2D eigenvalue weighted by atomic mass is 9.88. The molecule has 1 unspecified atom stereocenters. The van der Waals surface area contributed by atoms with Crippen LogP contribution in [-0.2, 0) is 6.42 Å². The minimum absolute atomic E-state index is 0.304. The SMILES string of the molecule is COc1ccc2c(c1)OCCN1CCc3ccccc3C21. The van der Waals surface area contributed by atoms with Gasteiger partial charge in [-0.3, -0.25) is 4.90 Å². The summed E-state index contributed by atoms with van der Waals surface area (Å²) in [6.45, 7) is 2.80. The second kappa shape index (κ2) is 5.08. The zero-order chi connectivity index (χ0) is 14.2. The van der Waals surface area contributed by atoms with Crippen molar-refractivity contribution in [2.75, 3.05) is 26.8 Å². The van der Waals surface area contributed by atoms with E-state index in [9.17, 15) is 0 Å². The number of nitrogens with zero attached hydrogens (tertiary/aromatic N) is 1. The first kappa shape index (κ1) is 12.7. The molecule has 0 fully saturated rings. The molecule has 0 aromatic heterocycles. The van der Waals surface area contributed by atoms with Gasteiger partial charge in [-0.15, -0.1) is 0 Å². The third-order valence-electron chi connectivity index (χ3n) is 4.53. The van der Waals surface area contributed by atoms with Gasteiger partial charge in [-0.05, 0) is 29.7 Å². The molecule has 2 aromatic rings. The van der Waals surface area contributed by atoms with E-state index in [4.69, 9.17) is 9.47 Å². The number of ether oxygens (including phenoxy) is 2. The number of hydrogen-bond acceptors (Lipinski definition) is 3. The summed E-state index contributed by atoms with van der Waals surface area (Å²) in [5, 5.41) is 0. The molecule has 1 atom stereocenters. The van der Waals surface area contributed by atoms with Crippen LogP contribution < -0.4 is 9.47 Å². The molecule has 2 aliphatic heterocycles. The third-order valence-corrected chi connectivity index (χ3v) is 4.53. The maximum absolute atomic E-state index is 5.98. The molecule has 2 aliphatic rings. The van der Waals surface area contributed by atoms with Gasteiger partial charge in [-0.2, -0.15) is 0 Å². The van der Waals surface area contributed by atoms with Crippen LogP contribution >= 0.6 is 0 Å². The van der Waals surface area contributed by atoms with E-state index in [0.29, 0.717) is 6.04 Å². The van der Waals surface area contributed by atoms with Crippen molar-refractivity contribution < 1.29 is 9.47 Å². The van der Waals surface area contributed by atoms with E-state index in [1.54, 1.807) is 7.11 Å². The molecule has 2 heterocycles. The Balaban J connectivity index is 1.87. The molecule has 0 bridgehead atoms. The van der Waals surface area contributed by atoms with Crippen LogP contribution in [-0.4, -0.2) is 31.7 Å². The highest BCUT2D eigenvalue weighted by atomic mass is 16.5. The maximum Gasteiger partial charge on any atom is 0.128 e. The maximum atomic E-state index is 5.98. The van der Waals surface area contributed by atoms with Gasteiger partial charge in [0.05, 0.1) is 13.2 Å². The van der Waals surface area contributed by atoms with Crippen molar-refractivity contribution in [1.29, 1.82) is 0 Å². The van der Waals surface area contributed by atoms with Crippen molar-refractivity contribution in [2.24, 2.45) is 0 Å². The van der Waals surface area contributed by atoms with E-state index in [1.807, 2.05) is 12.1 Å². The van der Waals surface area contributed by atoms with E-state index in [1.165, 1.54) is 16.7 Å². The second-order valence-corrected chi connectivity index (χ2v) is 5.64. The van der Waals surface area contributed by atoms with Crippen LogP contribution in [0.4, 0.5) is 0 Å². The van der Waals surface area contributed by atoms with Crippen molar-refractivity contribution in [2.45, 2.75) is 12.5 Å². The zero-order valence-corrected chi connectivity index (χ0v) is 12.2. The van der Waals surface area contributed by atoms with Crippen molar-refractivity contribution in [3.8, 4) is 11.5 Å². The fraction of sp³-hybridized carbons (Fsp3) is 0.333. The molecule has 0 saturated heterocycles. The Morgan fingerprint density at radius 3 is 2.90 bits per heavy atom. The van der Waals surface area contributed by atoms with E-state index in [-0.39, 0.29) is 0 Å². The first-order valence-electron chi connectivity index (χ1n) is 7.49. The lowest BCUT2D eigenvalue weighted by molar-refractivity contribution is 0.193. The number of hydrogen-bond donors (Lipinski definition) is 0. The molecule has 0 saturated carbocycles. The molecule has 3 nitrogen and oxygen atoms in total. The van der Waals surface area contributed by atoms with E-state index < -0.39 is 0 Å². The molecule has 0 aliphatic carbocycles. The summed E-state index contributed by atoms with van der Waals surface area (Å²) in [7, 11) is 1.70. The molecule has 3 heteroatoms. The average molecular weight is 281 g/mol. The lowest BCUT2D eigenvalue weighted by Gasteiger charge is -2.36. The van der Waals surface area contributed by atoms with E-state index >= 15 is 0 Å². The topological polar surface area (TPSA) is 21.7 Å². The normalized spacial score (nSPS) is 20.5. The average Bonchev–Trinajstić information content (AvgIpc) is 2.73. The van der Waals surface area contributed by atoms with Gasteiger partial charge in [-0.1, -0.05) is 24.3 Å². The quantitative estimate of drug-likeness (QED) is 0.802. The molecule has 0 amide bonds. The Hall–Kier alpha value is -2.00. The number of methoxy groups -OCH3 is 1. The minimum atomic E-state index is 0.304. The van der Waals surface area contributed by atoms with Crippen LogP contribution in [0.1, 0.15) is 22.7 Å². The first-order chi connectivity index (χ1) is 10.4. The molecule has 4 rings (SSSR count). The highest BCUT2D eigenvalue weighted by Gasteiger charge is 2.32. The fourth-order valence-electron chi connectivity index (χ4n) is 3.49. The molecule has 0 N–H and O–H groups in total. The van der Waals surface area contributed by atoms with E-state index in [0.717, 1.165) is 37.6 Å². The Morgan fingerprint density at radius 2 is 2.00 bits per heavy atom. The summed E-state index contributed by atoms with van der Waals surface area (Å²) in [4.78, 5) is 2.53. The highest BCUT2D eigenvalue weighted by molar-refractivity contribution is 5.49. The Bertz CT molecular complexity index is 668. The molecular weight excluding hydrogens is 262 g/mol. The highest BCUT2D eigenvalue weighted by Crippen LogP contribution is 2.41. The largest absolute Gasteiger partial charge is 0.497 e. The summed E-state index contributed by atoms with van der Waals surface area (Å²) in [6, 6.07) is 15.3. The molecule has 0 spiro atoms. The van der Waals surface area contributed by atoms with Gasteiger partial charge in [0.25, 0.3) is 0 Å². The van der Waals surface area contributed by atoms with Gasteiger partial charge < -0.3 is 9.47 Å². The van der Waals surface area contributed by atoms with Gasteiger partial charge >= 0.3 is 0 Å². The van der Waals surface area contributed by atoms with Gasteiger partial charge in [0, 0.05) is 24.7 Å². The Kier molecular flexibility index (Phi) is 3.08. The lowest BCUT2D eigenvalue weighted by Crippen LogP contribution is -2.36. The standard InChI is InChI=1S/C18H19NO2/c1-20-14-6-7-16-17(12-14)21-11-10-19-9-8-13-4-2-3-5-15(13)18(16)19/h2-7,12,18H,8-11H2,1H3. The van der Waals surface area contributed by atoms with Crippen molar-refractivity contribution >= 4 is 0 Å². The number of fused-ring (bicyclic) bond motifs is 5. The van der Waals surface area contributed by atoms with Crippen molar-refractivity contribution in [3.63, 3.8) is 0 Å². The summed E-state index contributed by atoms with van der Waals surface area (Å²) in [5.41, 5.74) is 4.13. The molecule has 108 valence electrons.